The van der Waals surface area contributed by atoms with Crippen LogP contribution in [0.2, 0.25) is 0 Å². The van der Waals surface area contributed by atoms with Crippen molar-refractivity contribution in [3.8, 4) is 28.7 Å². The number of aliphatic hydroxyl groups is 2. The third-order valence-corrected chi connectivity index (χ3v) is 5.81. The summed E-state index contributed by atoms with van der Waals surface area (Å²) in [6.07, 6.45) is 6.06. The molecule has 1 amide bonds. The Hall–Kier alpha value is -5.06. The van der Waals surface area contributed by atoms with Gasteiger partial charge < -0.3 is 30.3 Å². The lowest BCUT2D eigenvalue weighted by Gasteiger charge is -2.16. The Bertz CT molecular complexity index is 1470. The van der Waals surface area contributed by atoms with Crippen LogP contribution in [0, 0.1) is 11.3 Å². The van der Waals surface area contributed by atoms with Crippen molar-refractivity contribution in [3.63, 3.8) is 0 Å². The molecule has 0 aliphatic rings. The standard InChI is InChI=1S/C27H28N8O5/c1-17(12-35-16-29-15-32-35)40-24-7-18(3-4-20(24)9-28)21-10-30-27(31-11-21)34-23-6-5-19(8-25(23)39-2)26(38)33-22(13-36)14-37/h3-8,10-11,15-17,22,36-37H,12-14H2,1-2H3,(H,33,38)(H,30,31,34)/t17-/m0/s1. The summed E-state index contributed by atoms with van der Waals surface area (Å²) >= 11 is 0. The van der Waals surface area contributed by atoms with Crippen molar-refractivity contribution in [2.45, 2.75) is 25.6 Å². The van der Waals surface area contributed by atoms with Gasteiger partial charge in [0.15, 0.2) is 0 Å². The Morgan fingerprint density at radius 1 is 1.10 bits per heavy atom. The third-order valence-electron chi connectivity index (χ3n) is 5.81. The fourth-order valence-corrected chi connectivity index (χ4v) is 3.75. The fraction of sp³-hybridized carbons (Fsp3) is 0.259. The number of aliphatic hydroxyl groups excluding tert-OH is 2. The number of nitriles is 1. The maximum atomic E-state index is 12.4. The number of carbonyl (C=O) groups excluding carboxylic acids is 1. The van der Waals surface area contributed by atoms with Gasteiger partial charge in [0.25, 0.3) is 5.91 Å². The van der Waals surface area contributed by atoms with Crippen molar-refractivity contribution < 1.29 is 24.5 Å². The van der Waals surface area contributed by atoms with E-state index in [2.05, 4.69) is 36.8 Å². The van der Waals surface area contributed by atoms with Gasteiger partial charge in [-0.05, 0) is 42.8 Å². The highest BCUT2D eigenvalue weighted by atomic mass is 16.5. The first-order valence-corrected chi connectivity index (χ1v) is 12.3. The average Bonchev–Trinajstić information content (AvgIpc) is 3.49. The first-order chi connectivity index (χ1) is 19.4. The molecule has 40 heavy (non-hydrogen) atoms. The van der Waals surface area contributed by atoms with Gasteiger partial charge in [0.2, 0.25) is 5.95 Å². The van der Waals surface area contributed by atoms with E-state index in [1.54, 1.807) is 53.7 Å². The molecule has 206 valence electrons. The first-order valence-electron chi connectivity index (χ1n) is 12.3. The summed E-state index contributed by atoms with van der Waals surface area (Å²) < 4.78 is 13.1. The Labute approximate surface area is 230 Å². The number of hydrogen-bond donors (Lipinski definition) is 4. The molecule has 1 atom stereocenters. The molecule has 4 rings (SSSR count). The molecule has 0 aliphatic heterocycles. The molecule has 13 heteroatoms. The van der Waals surface area contributed by atoms with E-state index in [0.29, 0.717) is 46.4 Å². The fourth-order valence-electron chi connectivity index (χ4n) is 3.75. The minimum Gasteiger partial charge on any atom is -0.495 e. The highest BCUT2D eigenvalue weighted by molar-refractivity contribution is 5.95. The van der Waals surface area contributed by atoms with E-state index < -0.39 is 11.9 Å². The van der Waals surface area contributed by atoms with Gasteiger partial charge in [-0.15, -0.1) is 0 Å². The molecule has 0 spiro atoms. The summed E-state index contributed by atoms with van der Waals surface area (Å²) in [5, 5.41) is 37.6. The van der Waals surface area contributed by atoms with E-state index in [-0.39, 0.29) is 19.3 Å². The Morgan fingerprint density at radius 3 is 2.52 bits per heavy atom. The number of methoxy groups -OCH3 is 1. The van der Waals surface area contributed by atoms with Crippen LogP contribution in [-0.2, 0) is 6.54 Å². The number of carbonyl (C=O) groups is 1. The second kappa shape index (κ2) is 13.1. The van der Waals surface area contributed by atoms with Gasteiger partial charge >= 0.3 is 0 Å². The van der Waals surface area contributed by atoms with Crippen molar-refractivity contribution in [2.75, 3.05) is 25.6 Å². The summed E-state index contributed by atoms with van der Waals surface area (Å²) in [4.78, 5) is 25.1. The Balaban J connectivity index is 1.47. The van der Waals surface area contributed by atoms with Gasteiger partial charge in [-0.2, -0.15) is 10.4 Å². The van der Waals surface area contributed by atoms with Crippen molar-refractivity contribution in [3.05, 3.63) is 72.6 Å². The predicted molar refractivity (Wildman–Crippen MR) is 144 cm³/mol. The van der Waals surface area contributed by atoms with Crippen LogP contribution in [0.1, 0.15) is 22.8 Å². The molecule has 0 radical (unpaired) electrons. The molecule has 0 aliphatic carbocycles. The molecule has 0 unspecified atom stereocenters. The molecule has 2 aromatic heterocycles. The van der Waals surface area contributed by atoms with Crippen LogP contribution < -0.4 is 20.1 Å². The lowest BCUT2D eigenvalue weighted by molar-refractivity contribution is 0.0879. The molecule has 0 bridgehead atoms. The number of aromatic nitrogens is 5. The van der Waals surface area contributed by atoms with Crippen LogP contribution in [0.25, 0.3) is 11.1 Å². The largest absolute Gasteiger partial charge is 0.495 e. The summed E-state index contributed by atoms with van der Waals surface area (Å²) in [6, 6.07) is 11.4. The van der Waals surface area contributed by atoms with E-state index >= 15 is 0 Å². The van der Waals surface area contributed by atoms with E-state index in [1.807, 2.05) is 6.92 Å². The minimum absolute atomic E-state index is 0.259. The van der Waals surface area contributed by atoms with Gasteiger partial charge in [0.05, 0.1) is 44.2 Å². The zero-order chi connectivity index (χ0) is 28.5. The number of ether oxygens (including phenoxy) is 2. The van der Waals surface area contributed by atoms with Crippen LogP contribution >= 0.6 is 0 Å². The van der Waals surface area contributed by atoms with Crippen LogP contribution in [-0.4, -0.2) is 73.3 Å². The lowest BCUT2D eigenvalue weighted by atomic mass is 10.1. The minimum atomic E-state index is -0.759. The quantitative estimate of drug-likeness (QED) is 0.205. The number of nitrogens with zero attached hydrogens (tertiary/aromatic N) is 6. The Kier molecular flexibility index (Phi) is 9.19. The van der Waals surface area contributed by atoms with E-state index in [4.69, 9.17) is 9.47 Å². The molecule has 4 aromatic rings. The average molecular weight is 545 g/mol. The van der Waals surface area contributed by atoms with Gasteiger partial charge in [-0.3, -0.25) is 4.79 Å². The second-order valence-electron chi connectivity index (χ2n) is 8.74. The molecule has 2 heterocycles. The van der Waals surface area contributed by atoms with E-state index in [9.17, 15) is 20.3 Å². The highest BCUT2D eigenvalue weighted by Gasteiger charge is 2.16. The van der Waals surface area contributed by atoms with Gasteiger partial charge in [-0.25, -0.2) is 19.6 Å². The van der Waals surface area contributed by atoms with Crippen molar-refractivity contribution >= 4 is 17.5 Å². The third kappa shape index (κ3) is 6.87. The number of nitrogens with one attached hydrogen (secondary N) is 2. The van der Waals surface area contributed by atoms with Crippen molar-refractivity contribution in [1.29, 1.82) is 5.26 Å². The molecule has 0 saturated carbocycles. The highest BCUT2D eigenvalue weighted by Crippen LogP contribution is 2.30. The van der Waals surface area contributed by atoms with E-state index in [0.717, 1.165) is 5.56 Å². The summed E-state index contributed by atoms with van der Waals surface area (Å²) in [5.41, 5.74) is 2.71. The SMILES string of the molecule is COc1cc(C(=O)NC(CO)CO)ccc1Nc1ncc(-c2ccc(C#N)c(O[C@@H](C)Cn3cncn3)c2)cn1. The van der Waals surface area contributed by atoms with Gasteiger partial charge in [0, 0.05) is 23.5 Å². The number of hydrogen-bond acceptors (Lipinski definition) is 11. The number of rotatable bonds is 12. The van der Waals surface area contributed by atoms with Gasteiger partial charge in [0.1, 0.15) is 36.3 Å². The molecule has 13 nitrogen and oxygen atoms in total. The normalized spacial score (nSPS) is 11.5. The van der Waals surface area contributed by atoms with Crippen molar-refractivity contribution in [1.82, 2.24) is 30.0 Å². The summed E-state index contributed by atoms with van der Waals surface area (Å²) in [7, 11) is 1.47. The summed E-state index contributed by atoms with van der Waals surface area (Å²) in [5.74, 6) is 0.648. The van der Waals surface area contributed by atoms with Crippen LogP contribution in [0.15, 0.2) is 61.4 Å². The lowest BCUT2D eigenvalue weighted by Crippen LogP contribution is -2.40. The smallest absolute Gasteiger partial charge is 0.251 e. The maximum absolute atomic E-state index is 12.4. The maximum Gasteiger partial charge on any atom is 0.251 e. The molecule has 0 saturated heterocycles. The number of amides is 1. The molecule has 2 aromatic carbocycles. The zero-order valence-corrected chi connectivity index (χ0v) is 21.9. The predicted octanol–water partition coefficient (Wildman–Crippen LogP) is 1.91. The van der Waals surface area contributed by atoms with E-state index in [1.165, 1.54) is 19.5 Å². The van der Waals surface area contributed by atoms with Crippen LogP contribution in [0.3, 0.4) is 0 Å². The van der Waals surface area contributed by atoms with Gasteiger partial charge in [-0.1, -0.05) is 6.07 Å². The van der Waals surface area contributed by atoms with Crippen LogP contribution in [0.5, 0.6) is 11.5 Å². The monoisotopic (exact) mass is 544 g/mol. The molecule has 0 fully saturated rings. The van der Waals surface area contributed by atoms with Crippen molar-refractivity contribution in [2.24, 2.45) is 0 Å². The zero-order valence-electron chi connectivity index (χ0n) is 21.9. The first kappa shape index (κ1) is 28.0. The van der Waals surface area contributed by atoms with Crippen LogP contribution in [0.4, 0.5) is 11.6 Å². The molecular formula is C27H28N8O5. The number of anilines is 2. The Morgan fingerprint density at radius 2 is 1.88 bits per heavy atom. The summed E-state index contributed by atoms with van der Waals surface area (Å²) in [6.45, 7) is 1.59. The number of benzene rings is 2. The topological polar surface area (TPSA) is 180 Å². The molecule has 4 N–H and O–H groups in total. The second-order valence-corrected chi connectivity index (χ2v) is 8.74. The molecular weight excluding hydrogens is 516 g/mol.